The van der Waals surface area contributed by atoms with Crippen LogP contribution in [0.3, 0.4) is 0 Å². The fourth-order valence-corrected chi connectivity index (χ4v) is 1.65. The van der Waals surface area contributed by atoms with Crippen molar-refractivity contribution in [3.63, 3.8) is 0 Å². The van der Waals surface area contributed by atoms with Gasteiger partial charge in [0.05, 0.1) is 0 Å². The van der Waals surface area contributed by atoms with Gasteiger partial charge in [0.2, 0.25) is 0 Å². The van der Waals surface area contributed by atoms with Crippen molar-refractivity contribution in [3.05, 3.63) is 35.9 Å². The van der Waals surface area contributed by atoms with Gasteiger partial charge in [-0.05, 0) is 24.8 Å². The second-order valence-electron chi connectivity index (χ2n) is 3.67. The number of hydrogen-bond donors (Lipinski definition) is 0. The largest absolute Gasteiger partial charge is 0.465 e. The summed E-state index contributed by atoms with van der Waals surface area (Å²) < 4.78 is 5.02. The molecule has 0 heterocycles. The number of aryl methyl sites for hydroxylation is 1. The molecule has 0 amide bonds. The van der Waals surface area contributed by atoms with Gasteiger partial charge in [0.25, 0.3) is 6.47 Å². The van der Waals surface area contributed by atoms with Crippen LogP contribution < -0.4 is 0 Å². The maximum Gasteiger partial charge on any atom is 0.293 e. The normalized spacial score (nSPS) is 12.1. The van der Waals surface area contributed by atoms with Gasteiger partial charge in [-0.25, -0.2) is 0 Å². The lowest BCUT2D eigenvalue weighted by atomic mass is 10.0. The Bertz CT molecular complexity index is 269. The zero-order valence-corrected chi connectivity index (χ0v) is 9.19. The fraction of sp³-hybridized carbons (Fsp3) is 0.462. The molecule has 0 aliphatic heterocycles. The number of rotatable bonds is 7. The van der Waals surface area contributed by atoms with Crippen LogP contribution in [0.5, 0.6) is 0 Å². The standard InChI is InChI=1S/C13H18O2/c1-2-6-13(15-11-14)10-9-12-7-4-3-5-8-12/h3-5,7-8,11,13H,2,6,9-10H2,1H3. The van der Waals surface area contributed by atoms with E-state index in [1.54, 1.807) is 0 Å². The second kappa shape index (κ2) is 7.04. The Morgan fingerprint density at radius 1 is 1.27 bits per heavy atom. The van der Waals surface area contributed by atoms with Gasteiger partial charge >= 0.3 is 0 Å². The van der Waals surface area contributed by atoms with Crippen LogP contribution in [0.4, 0.5) is 0 Å². The average molecular weight is 206 g/mol. The maximum atomic E-state index is 10.3. The van der Waals surface area contributed by atoms with E-state index in [9.17, 15) is 4.79 Å². The zero-order chi connectivity index (χ0) is 10.9. The van der Waals surface area contributed by atoms with Crippen molar-refractivity contribution in [2.75, 3.05) is 0 Å². The monoisotopic (exact) mass is 206 g/mol. The van der Waals surface area contributed by atoms with E-state index in [2.05, 4.69) is 19.1 Å². The highest BCUT2D eigenvalue weighted by Gasteiger charge is 2.07. The molecule has 0 fully saturated rings. The molecule has 0 bridgehead atoms. The number of benzene rings is 1. The van der Waals surface area contributed by atoms with E-state index < -0.39 is 0 Å². The van der Waals surface area contributed by atoms with Crippen LogP contribution in [0, 0.1) is 0 Å². The molecule has 0 aliphatic rings. The molecule has 0 saturated carbocycles. The van der Waals surface area contributed by atoms with Crippen LogP contribution in [-0.2, 0) is 16.0 Å². The van der Waals surface area contributed by atoms with E-state index in [1.807, 2.05) is 18.2 Å². The SMILES string of the molecule is CCCC(CCc1ccccc1)OC=O. The van der Waals surface area contributed by atoms with Crippen LogP contribution in [0.1, 0.15) is 31.7 Å². The topological polar surface area (TPSA) is 26.3 Å². The van der Waals surface area contributed by atoms with E-state index >= 15 is 0 Å². The Labute approximate surface area is 91.3 Å². The smallest absolute Gasteiger partial charge is 0.293 e. The van der Waals surface area contributed by atoms with Crippen LogP contribution in [0.2, 0.25) is 0 Å². The van der Waals surface area contributed by atoms with Crippen molar-refractivity contribution in [1.29, 1.82) is 0 Å². The number of ether oxygens (including phenoxy) is 1. The summed E-state index contributed by atoms with van der Waals surface area (Å²) in [6.07, 6.45) is 3.96. The van der Waals surface area contributed by atoms with Gasteiger partial charge in [0.1, 0.15) is 6.10 Å². The van der Waals surface area contributed by atoms with Gasteiger partial charge in [-0.1, -0.05) is 43.7 Å². The summed E-state index contributed by atoms with van der Waals surface area (Å²) in [6, 6.07) is 10.3. The van der Waals surface area contributed by atoms with E-state index in [0.717, 1.165) is 25.7 Å². The molecule has 1 aromatic carbocycles. The predicted octanol–water partition coefficient (Wildman–Crippen LogP) is 2.96. The molecule has 82 valence electrons. The third-order valence-electron chi connectivity index (χ3n) is 2.46. The molecule has 1 rings (SSSR count). The summed E-state index contributed by atoms with van der Waals surface area (Å²) in [4.78, 5) is 10.3. The van der Waals surface area contributed by atoms with Gasteiger partial charge in [0.15, 0.2) is 0 Å². The lowest BCUT2D eigenvalue weighted by Gasteiger charge is -2.13. The van der Waals surface area contributed by atoms with Gasteiger partial charge in [0, 0.05) is 0 Å². The number of carbonyl (C=O) groups is 1. The molecule has 2 heteroatoms. The first kappa shape index (κ1) is 11.8. The summed E-state index contributed by atoms with van der Waals surface area (Å²) in [7, 11) is 0. The second-order valence-corrected chi connectivity index (χ2v) is 3.67. The van der Waals surface area contributed by atoms with Crippen LogP contribution in [0.25, 0.3) is 0 Å². The highest BCUT2D eigenvalue weighted by Crippen LogP contribution is 2.10. The molecule has 0 radical (unpaired) electrons. The van der Waals surface area contributed by atoms with E-state index in [0.29, 0.717) is 6.47 Å². The lowest BCUT2D eigenvalue weighted by Crippen LogP contribution is -2.12. The third-order valence-corrected chi connectivity index (χ3v) is 2.46. The summed E-state index contributed by atoms with van der Waals surface area (Å²) in [5.41, 5.74) is 1.30. The van der Waals surface area contributed by atoms with E-state index in [-0.39, 0.29) is 6.10 Å². The molecule has 0 spiro atoms. The minimum atomic E-state index is 0.0766. The molecule has 0 saturated heterocycles. The van der Waals surface area contributed by atoms with Crippen molar-refractivity contribution in [2.45, 2.75) is 38.7 Å². The summed E-state index contributed by atoms with van der Waals surface area (Å²) in [5.74, 6) is 0. The van der Waals surface area contributed by atoms with Gasteiger partial charge < -0.3 is 4.74 Å². The average Bonchev–Trinajstić information content (AvgIpc) is 2.28. The van der Waals surface area contributed by atoms with Gasteiger partial charge in [-0.15, -0.1) is 0 Å². The van der Waals surface area contributed by atoms with Crippen molar-refractivity contribution in [1.82, 2.24) is 0 Å². The summed E-state index contributed by atoms with van der Waals surface area (Å²) >= 11 is 0. The van der Waals surface area contributed by atoms with Crippen LogP contribution in [0.15, 0.2) is 30.3 Å². The van der Waals surface area contributed by atoms with Crippen molar-refractivity contribution in [2.24, 2.45) is 0 Å². The molecule has 1 unspecified atom stereocenters. The van der Waals surface area contributed by atoms with E-state index in [1.165, 1.54) is 5.56 Å². The predicted molar refractivity (Wildman–Crippen MR) is 60.6 cm³/mol. The van der Waals surface area contributed by atoms with Gasteiger partial charge in [-0.3, -0.25) is 4.79 Å². The maximum absolute atomic E-state index is 10.3. The fourth-order valence-electron chi connectivity index (χ4n) is 1.65. The number of carbonyl (C=O) groups excluding carboxylic acids is 1. The first-order valence-electron chi connectivity index (χ1n) is 5.49. The lowest BCUT2D eigenvalue weighted by molar-refractivity contribution is -0.134. The molecule has 2 nitrogen and oxygen atoms in total. The molecule has 15 heavy (non-hydrogen) atoms. The first-order valence-corrected chi connectivity index (χ1v) is 5.49. The number of hydrogen-bond acceptors (Lipinski definition) is 2. The molecule has 1 aromatic rings. The molecule has 0 aromatic heterocycles. The van der Waals surface area contributed by atoms with Crippen molar-refractivity contribution < 1.29 is 9.53 Å². The van der Waals surface area contributed by atoms with Crippen molar-refractivity contribution in [3.8, 4) is 0 Å². The molecular weight excluding hydrogens is 188 g/mol. The Morgan fingerprint density at radius 2 is 2.00 bits per heavy atom. The Morgan fingerprint density at radius 3 is 2.60 bits per heavy atom. The third kappa shape index (κ3) is 4.63. The Hall–Kier alpha value is -1.31. The minimum Gasteiger partial charge on any atom is -0.465 e. The molecule has 1 atom stereocenters. The van der Waals surface area contributed by atoms with Gasteiger partial charge in [-0.2, -0.15) is 0 Å². The van der Waals surface area contributed by atoms with Crippen LogP contribution in [-0.4, -0.2) is 12.6 Å². The quantitative estimate of drug-likeness (QED) is 0.641. The minimum absolute atomic E-state index is 0.0766. The first-order chi connectivity index (χ1) is 7.36. The molecule has 0 aliphatic carbocycles. The molecule has 0 N–H and O–H groups in total. The zero-order valence-electron chi connectivity index (χ0n) is 9.19. The Kier molecular flexibility index (Phi) is 5.52. The highest BCUT2D eigenvalue weighted by molar-refractivity contribution is 5.37. The summed E-state index contributed by atoms with van der Waals surface area (Å²) in [6.45, 7) is 2.66. The summed E-state index contributed by atoms with van der Waals surface area (Å²) in [5, 5.41) is 0. The molecular formula is C13H18O2. The van der Waals surface area contributed by atoms with E-state index in [4.69, 9.17) is 4.74 Å². The van der Waals surface area contributed by atoms with Crippen LogP contribution >= 0.6 is 0 Å². The Balaban J connectivity index is 2.36. The highest BCUT2D eigenvalue weighted by atomic mass is 16.5. The van der Waals surface area contributed by atoms with Crippen molar-refractivity contribution >= 4 is 6.47 Å².